The maximum atomic E-state index is 13.1. The van der Waals surface area contributed by atoms with Gasteiger partial charge in [0.05, 0.1) is 39.6 Å². The first-order valence-electron chi connectivity index (χ1n) is 52.1. The summed E-state index contributed by atoms with van der Waals surface area (Å²) in [5.74, 6) is 2.31. The summed E-state index contributed by atoms with van der Waals surface area (Å²) < 4.78 is 44.9. The van der Waals surface area contributed by atoms with Crippen LogP contribution >= 0.6 is 11.8 Å². The van der Waals surface area contributed by atoms with E-state index in [2.05, 4.69) is 118 Å². The lowest BCUT2D eigenvalue weighted by Crippen LogP contribution is -2.34. The molecule has 3 heterocycles. The number of Topliss-reactive ketones (excluding diaryl/α,β-unsaturated/α-hetero) is 3. The van der Waals surface area contributed by atoms with Crippen molar-refractivity contribution < 1.29 is 86.8 Å². The number of aromatic hydroxyl groups is 3. The van der Waals surface area contributed by atoms with Crippen LogP contribution in [0.15, 0.2) is 184 Å². The van der Waals surface area contributed by atoms with E-state index in [1.165, 1.54) is 145 Å². The summed E-state index contributed by atoms with van der Waals surface area (Å²) in [7, 11) is 15.7. The lowest BCUT2D eigenvalue weighted by Gasteiger charge is -2.24. The van der Waals surface area contributed by atoms with Crippen molar-refractivity contribution in [1.29, 1.82) is 5.53 Å². The molecule has 0 aromatic heterocycles. The maximum absolute atomic E-state index is 13.1. The Hall–Kier alpha value is -11.9. The largest absolute Gasteiger partial charge is 0.519 e. The van der Waals surface area contributed by atoms with Crippen molar-refractivity contribution in [1.82, 2.24) is 40.9 Å². The Morgan fingerprint density at radius 2 is 0.680 bits per heavy atom. The van der Waals surface area contributed by atoms with Crippen molar-refractivity contribution in [2.75, 3.05) is 109 Å². The van der Waals surface area contributed by atoms with Crippen LogP contribution in [0.3, 0.4) is 0 Å². The number of hydrogen-bond acceptors (Lipinski definition) is 26. The van der Waals surface area contributed by atoms with Crippen LogP contribution < -0.4 is 35.5 Å². The highest BCUT2D eigenvalue weighted by atomic mass is 35.5. The number of halogens is 1. The van der Waals surface area contributed by atoms with Gasteiger partial charge < -0.3 is 94.1 Å². The van der Waals surface area contributed by atoms with Crippen molar-refractivity contribution in [3.05, 3.63) is 230 Å². The number of hydrogen-bond donors (Lipinski definition) is 8. The number of nitrogens with zero attached hydrogens (tertiary/aromatic N) is 7. The fourth-order valence-electron chi connectivity index (χ4n) is 16.5. The van der Waals surface area contributed by atoms with E-state index in [0.717, 1.165) is 137 Å². The van der Waals surface area contributed by atoms with E-state index < -0.39 is 34.7 Å². The van der Waals surface area contributed by atoms with Crippen LogP contribution in [0, 0.1) is 5.53 Å². The van der Waals surface area contributed by atoms with Gasteiger partial charge in [0.15, 0.2) is 17.3 Å². The van der Waals surface area contributed by atoms with Crippen LogP contribution in [0.25, 0.3) is 16.7 Å². The van der Waals surface area contributed by atoms with Gasteiger partial charge in [0, 0.05) is 46.3 Å². The van der Waals surface area contributed by atoms with E-state index in [9.17, 15) is 48.9 Å². The Balaban J connectivity index is 0.000000280. The number of nitrogens with one attached hydrogen (secondary N) is 5. The highest BCUT2D eigenvalue weighted by Gasteiger charge is 2.36. The Labute approximate surface area is 879 Å². The molecule has 30 nitrogen and oxygen atoms in total. The third kappa shape index (κ3) is 46.2. The number of benzene rings is 6. The highest BCUT2D eigenvalue weighted by Crippen LogP contribution is 2.44. The maximum Gasteiger partial charge on any atom is 0.519 e. The molecule has 8 N–H and O–H groups in total. The summed E-state index contributed by atoms with van der Waals surface area (Å²) in [5.41, 5.74) is 16.7. The third-order valence-electron chi connectivity index (χ3n) is 24.0. The second kappa shape index (κ2) is 65.1. The number of unbranched alkanes of at least 4 members (excludes halogenated alkanes) is 20. The van der Waals surface area contributed by atoms with Crippen molar-refractivity contribution in [3.8, 4) is 34.5 Å². The Morgan fingerprint density at radius 3 is 0.986 bits per heavy atom. The first-order chi connectivity index (χ1) is 70.0. The number of allylic oxidation sites excluding steroid dienone is 12. The minimum absolute atomic E-state index is 0.0910. The van der Waals surface area contributed by atoms with Crippen LogP contribution in [-0.4, -0.2) is 208 Å². The molecule has 0 atom stereocenters. The minimum Gasteiger partial charge on any atom is -0.508 e. The molecule has 6 aromatic carbocycles. The van der Waals surface area contributed by atoms with Crippen molar-refractivity contribution in [3.63, 3.8) is 0 Å². The van der Waals surface area contributed by atoms with Gasteiger partial charge in [-0.2, -0.15) is 5.53 Å². The normalized spacial score (nSPS) is 14.2. The fourth-order valence-corrected chi connectivity index (χ4v) is 16.6. The molecule has 0 fully saturated rings. The van der Waals surface area contributed by atoms with Crippen LogP contribution in [-0.2, 0) is 56.0 Å². The number of amides is 2. The van der Waals surface area contributed by atoms with Gasteiger partial charge in [0.25, 0.3) is 0 Å². The summed E-state index contributed by atoms with van der Waals surface area (Å²) in [6.45, 7) is 30.2. The molecule has 0 saturated heterocycles. The first kappa shape index (κ1) is 124. The molecule has 0 bridgehead atoms. The number of ketones is 3. The van der Waals surface area contributed by atoms with Gasteiger partial charge in [0.2, 0.25) is 17.3 Å². The molecule has 2 amide bonds. The zero-order valence-corrected chi connectivity index (χ0v) is 91.8. The van der Waals surface area contributed by atoms with E-state index in [0.29, 0.717) is 82.0 Å². The zero-order valence-electron chi connectivity index (χ0n) is 91.1. The van der Waals surface area contributed by atoms with Crippen molar-refractivity contribution in [2.24, 2.45) is 15.1 Å². The van der Waals surface area contributed by atoms with Gasteiger partial charge in [-0.15, -0.1) is 0 Å². The van der Waals surface area contributed by atoms with Crippen molar-refractivity contribution in [2.45, 2.75) is 292 Å². The number of carbonyl (C=O) groups is 7. The molecule has 31 heteroatoms. The standard InChI is InChI=1S/C34H44N2O5.C29H36N2O3.C18H12O3.C15H32N2O2.C10H24N2.C10H18O5.ClHN4/c1-34(2,3)41-33(39)36(5)21-13-9-7-6-8-12-20-35(4)23-28-29(37)19-18-27-31(38)30(40-32(27)28)22-25-17-16-24-14-10-11-15-26(24)25;1-30-17-9-5-3-4-6-10-18-31(2)20-25-26(32)16-15-24-28(33)27(34-29(24)25)19-22-14-13-21-11-7-8-12-23(21)22;19-13-7-8-15-16(10-13)21-17(18(15)20)9-12-6-5-11-3-1-2-4-14(11)12;1-15(2,3)19-14(18)17(5)13-11-9-7-6-8-10-12-16-4;1-11-9-7-5-3-4-6-8-10-12-2;1-9(2,3)14-7(11)13-8(12)15-10(4,5)6;1-3-5-4-2/h10-11,14-15,17-19,22,37H,6-9,12-13,16,20-21,23H2,1-5H3;7-8,11-12,14-16,19,30,32H,3-6,9-10,13,17-18,20H2,1-2H3;1-4,6-10,19H,5H2;16H,6-13H2,1-5H3;11-12H,3-10H2,1-2H3;1-6H3;2H/b30-22-;27-19-;17-9-;;;;. The highest BCUT2D eigenvalue weighted by molar-refractivity contribution is 6.16. The second-order valence-electron chi connectivity index (χ2n) is 41.4. The van der Waals surface area contributed by atoms with E-state index in [1.54, 1.807) is 102 Å². The number of fused-ring (bicyclic) bond motifs is 6. The molecule has 3 aliphatic heterocycles. The average Bonchev–Trinajstić information content (AvgIpc) is 1.63. The van der Waals surface area contributed by atoms with Gasteiger partial charge in [-0.3, -0.25) is 14.4 Å². The second-order valence-corrected chi connectivity index (χ2v) is 41.6. The molecular weight excluding hydrogens is 1880 g/mol. The Morgan fingerprint density at radius 1 is 0.388 bits per heavy atom. The molecule has 0 spiro atoms. The summed E-state index contributed by atoms with van der Waals surface area (Å²) >= 11 is 4.55. The number of ether oxygens (including phenoxy) is 8. The van der Waals surface area contributed by atoms with Gasteiger partial charge in [-0.1, -0.05) is 198 Å². The molecule has 0 radical (unpaired) electrons. The third-order valence-corrected chi connectivity index (χ3v) is 24.1. The minimum atomic E-state index is -1.06. The molecule has 3 aliphatic carbocycles. The summed E-state index contributed by atoms with van der Waals surface area (Å²) in [5, 5.41) is 48.5. The van der Waals surface area contributed by atoms with Crippen LogP contribution in [0.1, 0.15) is 313 Å². The molecule has 6 aromatic rings. The number of carbonyl (C=O) groups excluding carboxylic acids is 7. The summed E-state index contributed by atoms with van der Waals surface area (Å²) in [6, 6.07) is 35.6. The van der Waals surface area contributed by atoms with Gasteiger partial charge >= 0.3 is 24.5 Å². The number of phenolic OH excluding ortho intramolecular Hbond substituents is 3. The van der Waals surface area contributed by atoms with E-state index >= 15 is 0 Å². The SMILES string of the molecule is CC(C)(C)OC(=O)OC(=O)OC(C)(C)C.CN(CCCCCCCCN(C)C(=O)OC(C)(C)C)Cc1c(O)ccc2c1O/C(=C\C1=CCc3ccccc31)C2=O.CNCCCCCCCCN(C)C(=O)OC(C)(C)C.CNCCCCCCCCN(C)Cc1c(O)ccc2c1O/C(=C\C1=CCc3ccccc31)C2=O.CNCCCCCCCCNC.N=NN=NCl.O=C1/C(=C/C2=CCc3ccccc32)Oc2cc(O)ccc21. The Bertz CT molecular complexity index is 5390. The van der Waals surface area contributed by atoms with Gasteiger partial charge in [-0.25, -0.2) is 19.2 Å². The summed E-state index contributed by atoms with van der Waals surface area (Å²) in [4.78, 5) is 92.0. The monoisotopic (exact) mass is 2050 g/mol. The molecule has 12 rings (SSSR count). The zero-order chi connectivity index (χ0) is 108. The van der Waals surface area contributed by atoms with Crippen molar-refractivity contribution >= 4 is 70.3 Å². The molecule has 0 saturated carbocycles. The molecule has 6 aliphatic rings. The Kier molecular flexibility index (Phi) is 54.8. The van der Waals surface area contributed by atoms with Crippen LogP contribution in [0.4, 0.5) is 19.2 Å². The lowest BCUT2D eigenvalue weighted by molar-refractivity contribution is -0.0295. The van der Waals surface area contributed by atoms with E-state index in [-0.39, 0.29) is 46.8 Å². The molecular formula is C116H167ClN12O18. The average molecular weight is 2050 g/mol. The smallest absolute Gasteiger partial charge is 0.508 e. The fraction of sp³-hybridized carbons (Fsp3) is 0.526. The van der Waals surface area contributed by atoms with Crippen LogP contribution in [0.2, 0.25) is 0 Å². The van der Waals surface area contributed by atoms with Crippen LogP contribution in [0.5, 0.6) is 34.5 Å². The quantitative estimate of drug-likeness (QED) is 0.00335. The van der Waals surface area contributed by atoms with Gasteiger partial charge in [-0.05, 0) is 350 Å². The first-order valence-corrected chi connectivity index (χ1v) is 52.4. The van der Waals surface area contributed by atoms with E-state index in [1.807, 2.05) is 131 Å². The topological polar surface area (TPSA) is 376 Å². The molecule has 147 heavy (non-hydrogen) atoms. The lowest BCUT2D eigenvalue weighted by atomic mass is 10.0. The summed E-state index contributed by atoms with van der Waals surface area (Å²) in [6.07, 6.45) is 41.2. The molecule has 806 valence electrons. The van der Waals surface area contributed by atoms with E-state index in [4.69, 9.17) is 38.7 Å². The van der Waals surface area contributed by atoms with Gasteiger partial charge in [0.1, 0.15) is 56.9 Å². The molecule has 0 unspecified atom stereocenters. The predicted octanol–water partition coefficient (Wildman–Crippen LogP) is 25.7. The predicted molar refractivity (Wildman–Crippen MR) is 584 cm³/mol. The number of phenols is 3. The number of rotatable bonds is 44.